The van der Waals surface area contributed by atoms with E-state index in [1.807, 2.05) is 14.1 Å². The van der Waals surface area contributed by atoms with Gasteiger partial charge in [-0.15, -0.1) is 0 Å². The van der Waals surface area contributed by atoms with Gasteiger partial charge in [-0.3, -0.25) is 4.79 Å². The van der Waals surface area contributed by atoms with Crippen molar-refractivity contribution >= 4 is 21.4 Å². The molecule has 164 valence electrons. The first-order chi connectivity index (χ1) is 13.7. The number of hydrogen-bond acceptors (Lipinski definition) is 5. The molecule has 6 nitrogen and oxygen atoms in total. The Morgan fingerprint density at radius 2 is 1.76 bits per heavy atom. The Kier molecular flexibility index (Phi) is 8.96. The van der Waals surface area contributed by atoms with Crippen LogP contribution < -0.4 is 10.1 Å². The molecule has 7 heteroatoms. The van der Waals surface area contributed by atoms with Crippen molar-refractivity contribution in [2.24, 2.45) is 5.92 Å². The summed E-state index contributed by atoms with van der Waals surface area (Å²) < 4.78 is 31.9. The third-order valence-electron chi connectivity index (χ3n) is 5.37. The van der Waals surface area contributed by atoms with Crippen LogP contribution in [0.3, 0.4) is 0 Å². The van der Waals surface area contributed by atoms with Crippen LogP contribution in [0.1, 0.15) is 52.4 Å². The quantitative estimate of drug-likeness (QED) is 0.579. The van der Waals surface area contributed by atoms with Crippen LogP contribution >= 0.6 is 0 Å². The van der Waals surface area contributed by atoms with Crippen LogP contribution in [-0.4, -0.2) is 57.0 Å². The molecule has 1 saturated carbocycles. The number of ether oxygens (including phenoxy) is 1. The number of nitrogens with zero attached hydrogens (tertiary/aromatic N) is 1. The van der Waals surface area contributed by atoms with Gasteiger partial charge >= 0.3 is 0 Å². The fourth-order valence-corrected chi connectivity index (χ4v) is 6.37. The largest absolute Gasteiger partial charge is 0.494 e. The molecule has 0 heterocycles. The van der Waals surface area contributed by atoms with Gasteiger partial charge in [-0.2, -0.15) is 0 Å². The van der Waals surface area contributed by atoms with Gasteiger partial charge in [0.15, 0.2) is 9.84 Å². The molecule has 1 N–H and O–H groups in total. The number of amides is 1. The minimum absolute atomic E-state index is 0.277. The zero-order valence-electron chi connectivity index (χ0n) is 18.2. The maximum Gasteiger partial charge on any atom is 0.242 e. The normalized spacial score (nSPS) is 16.8. The highest BCUT2D eigenvalue weighted by atomic mass is 32.2. The van der Waals surface area contributed by atoms with Gasteiger partial charge in [0.2, 0.25) is 5.91 Å². The van der Waals surface area contributed by atoms with Crippen molar-refractivity contribution in [1.29, 1.82) is 0 Å². The molecule has 0 spiro atoms. The fourth-order valence-electron chi connectivity index (χ4n) is 3.85. The van der Waals surface area contributed by atoms with Crippen LogP contribution in [0.25, 0.3) is 0 Å². The van der Waals surface area contributed by atoms with Gasteiger partial charge in [0, 0.05) is 12.2 Å². The molecular formula is C22H36N2O4S. The predicted molar refractivity (Wildman–Crippen MR) is 118 cm³/mol. The van der Waals surface area contributed by atoms with Gasteiger partial charge in [-0.1, -0.05) is 33.1 Å². The van der Waals surface area contributed by atoms with E-state index in [0.717, 1.165) is 38.0 Å². The minimum Gasteiger partial charge on any atom is -0.494 e. The zero-order chi connectivity index (χ0) is 21.4. The molecule has 0 radical (unpaired) electrons. The number of carbonyl (C=O) groups excluding carboxylic acids is 1. The highest BCUT2D eigenvalue weighted by molar-refractivity contribution is 7.93. The van der Waals surface area contributed by atoms with E-state index in [1.165, 1.54) is 0 Å². The first kappa shape index (κ1) is 23.7. The Morgan fingerprint density at radius 3 is 2.31 bits per heavy atom. The predicted octanol–water partition coefficient (Wildman–Crippen LogP) is 3.73. The summed E-state index contributed by atoms with van der Waals surface area (Å²) in [5, 5.41) is 1.38. The molecule has 1 aromatic rings. The highest BCUT2D eigenvalue weighted by Crippen LogP contribution is 2.29. The lowest BCUT2D eigenvalue weighted by Gasteiger charge is -2.28. The molecule has 0 bridgehead atoms. The van der Waals surface area contributed by atoms with Gasteiger partial charge in [-0.05, 0) is 63.5 Å². The molecule has 2 rings (SSSR count). The van der Waals surface area contributed by atoms with Gasteiger partial charge < -0.3 is 15.0 Å². The highest BCUT2D eigenvalue weighted by Gasteiger charge is 2.41. The number of carbonyl (C=O) groups is 1. The number of benzene rings is 1. The van der Waals surface area contributed by atoms with E-state index in [-0.39, 0.29) is 5.92 Å². The molecule has 1 aliphatic rings. The Morgan fingerprint density at radius 1 is 1.14 bits per heavy atom. The number of rotatable bonds is 10. The summed E-state index contributed by atoms with van der Waals surface area (Å²) in [6.45, 7) is 5.18. The third-order valence-corrected chi connectivity index (χ3v) is 8.24. The zero-order valence-corrected chi connectivity index (χ0v) is 19.0. The van der Waals surface area contributed by atoms with E-state index in [1.54, 1.807) is 38.1 Å². The molecule has 1 amide bonds. The van der Waals surface area contributed by atoms with Crippen LogP contribution in [0.15, 0.2) is 24.3 Å². The molecule has 1 aliphatic carbocycles. The Bertz CT molecular complexity index is 739. The minimum atomic E-state index is -3.51. The van der Waals surface area contributed by atoms with Gasteiger partial charge in [0.25, 0.3) is 0 Å². The SMILES string of the molecule is CC(C)C(C(=O)Nc1ccc(OCCCN(C)C)cc1)S(=O)(=O)C1CCCCC1. The number of hydrogen-bond donors (Lipinski definition) is 1. The third kappa shape index (κ3) is 7.00. The molecule has 0 aliphatic heterocycles. The lowest BCUT2D eigenvalue weighted by Crippen LogP contribution is -2.44. The lowest BCUT2D eigenvalue weighted by molar-refractivity contribution is -0.116. The van der Waals surface area contributed by atoms with E-state index < -0.39 is 26.2 Å². The summed E-state index contributed by atoms with van der Waals surface area (Å²) in [5.41, 5.74) is 0.583. The average Bonchev–Trinajstić information content (AvgIpc) is 2.66. The van der Waals surface area contributed by atoms with Crippen LogP contribution in [-0.2, 0) is 14.6 Å². The van der Waals surface area contributed by atoms with Crippen molar-refractivity contribution in [2.75, 3.05) is 32.6 Å². The Balaban J connectivity index is 1.99. The van der Waals surface area contributed by atoms with E-state index >= 15 is 0 Å². The summed E-state index contributed by atoms with van der Waals surface area (Å²) in [6, 6.07) is 7.10. The van der Waals surface area contributed by atoms with Gasteiger partial charge in [0.05, 0.1) is 11.9 Å². The molecule has 0 saturated heterocycles. The summed E-state index contributed by atoms with van der Waals surface area (Å²) in [7, 11) is 0.535. The first-order valence-electron chi connectivity index (χ1n) is 10.6. The van der Waals surface area contributed by atoms with Crippen molar-refractivity contribution in [1.82, 2.24) is 4.90 Å². The van der Waals surface area contributed by atoms with Crippen molar-refractivity contribution in [3.8, 4) is 5.75 Å². The van der Waals surface area contributed by atoms with Crippen LogP contribution in [0, 0.1) is 5.92 Å². The van der Waals surface area contributed by atoms with Crippen molar-refractivity contribution in [2.45, 2.75) is 62.9 Å². The van der Waals surface area contributed by atoms with Gasteiger partial charge in [-0.25, -0.2) is 8.42 Å². The van der Waals surface area contributed by atoms with E-state index in [2.05, 4.69) is 10.2 Å². The van der Waals surface area contributed by atoms with E-state index in [4.69, 9.17) is 4.74 Å². The molecular weight excluding hydrogens is 388 g/mol. The average molecular weight is 425 g/mol. The maximum atomic E-state index is 13.1. The van der Waals surface area contributed by atoms with Crippen LogP contribution in [0.5, 0.6) is 5.75 Å². The summed E-state index contributed by atoms with van der Waals surface area (Å²) in [5.74, 6) is 0.0171. The topological polar surface area (TPSA) is 75.7 Å². The van der Waals surface area contributed by atoms with Gasteiger partial charge in [0.1, 0.15) is 11.0 Å². The van der Waals surface area contributed by atoms with Crippen molar-refractivity contribution < 1.29 is 17.9 Å². The van der Waals surface area contributed by atoms with Crippen LogP contribution in [0.4, 0.5) is 5.69 Å². The second kappa shape index (κ2) is 11.0. The Hall–Kier alpha value is -1.60. The number of sulfone groups is 1. The molecule has 1 fully saturated rings. The Labute approximate surface area is 175 Å². The smallest absolute Gasteiger partial charge is 0.242 e. The number of anilines is 1. The summed E-state index contributed by atoms with van der Waals surface area (Å²) in [4.78, 5) is 15.0. The standard InChI is InChI=1S/C22H36N2O4S/c1-17(2)21(29(26,27)20-9-6-5-7-10-20)22(25)23-18-11-13-19(14-12-18)28-16-8-15-24(3)4/h11-14,17,20-21H,5-10,15-16H2,1-4H3,(H,23,25). The molecule has 1 unspecified atom stereocenters. The molecule has 29 heavy (non-hydrogen) atoms. The van der Waals surface area contributed by atoms with Crippen LogP contribution in [0.2, 0.25) is 0 Å². The lowest BCUT2D eigenvalue weighted by atomic mass is 10.0. The maximum absolute atomic E-state index is 13.1. The molecule has 1 aromatic carbocycles. The van der Waals surface area contributed by atoms with E-state index in [9.17, 15) is 13.2 Å². The summed E-state index contributed by atoms with van der Waals surface area (Å²) in [6.07, 6.45) is 5.19. The second-order valence-corrected chi connectivity index (χ2v) is 10.9. The summed E-state index contributed by atoms with van der Waals surface area (Å²) >= 11 is 0. The monoisotopic (exact) mass is 424 g/mol. The number of nitrogens with one attached hydrogen (secondary N) is 1. The van der Waals surface area contributed by atoms with E-state index in [0.29, 0.717) is 25.1 Å². The second-order valence-electron chi connectivity index (χ2n) is 8.53. The molecule has 0 aromatic heterocycles. The van der Waals surface area contributed by atoms with Crippen molar-refractivity contribution in [3.05, 3.63) is 24.3 Å². The molecule has 1 atom stereocenters. The van der Waals surface area contributed by atoms with Crippen molar-refractivity contribution in [3.63, 3.8) is 0 Å². The first-order valence-corrected chi connectivity index (χ1v) is 12.2. The fraction of sp³-hybridized carbons (Fsp3) is 0.682.